The number of rotatable bonds is 5. The number of ketones is 1. The minimum atomic E-state index is -0.769. The van der Waals surface area contributed by atoms with Crippen molar-refractivity contribution in [1.82, 2.24) is 4.98 Å². The highest BCUT2D eigenvalue weighted by Gasteiger charge is 2.37. The van der Waals surface area contributed by atoms with E-state index in [1.54, 1.807) is 0 Å². The first kappa shape index (κ1) is 15.3. The molecule has 0 saturated heterocycles. The first-order valence-corrected chi connectivity index (χ1v) is 7.11. The zero-order chi connectivity index (χ0) is 15.6. The second kappa shape index (κ2) is 6.12. The summed E-state index contributed by atoms with van der Waals surface area (Å²) >= 11 is 0. The Bertz CT molecular complexity index is 657. The molecular weight excluding hydrogens is 266 g/mol. The molecule has 0 amide bonds. The van der Waals surface area contributed by atoms with E-state index in [0.717, 1.165) is 16.5 Å². The van der Waals surface area contributed by atoms with Crippen LogP contribution in [0.2, 0.25) is 0 Å². The van der Waals surface area contributed by atoms with E-state index in [-0.39, 0.29) is 17.6 Å². The average Bonchev–Trinajstić information content (AvgIpc) is 2.86. The normalized spacial score (nSPS) is 14.1. The number of hydrogen-bond acceptors (Lipinski definition) is 3. The van der Waals surface area contributed by atoms with Gasteiger partial charge in [-0.25, -0.2) is 0 Å². The van der Waals surface area contributed by atoms with E-state index in [2.05, 4.69) is 4.98 Å². The Balaban J connectivity index is 2.57. The van der Waals surface area contributed by atoms with Crippen LogP contribution in [0.5, 0.6) is 0 Å². The molecule has 4 nitrogen and oxygen atoms in total. The number of para-hydroxylation sites is 1. The molecule has 0 aliphatic carbocycles. The first-order chi connectivity index (χ1) is 9.97. The number of benzene rings is 1. The van der Waals surface area contributed by atoms with Crippen LogP contribution < -0.4 is 0 Å². The predicted molar refractivity (Wildman–Crippen MR) is 82.1 cm³/mol. The molecule has 2 aromatic rings. The van der Waals surface area contributed by atoms with Crippen molar-refractivity contribution in [2.75, 3.05) is 7.11 Å². The van der Waals surface area contributed by atoms with Crippen LogP contribution in [0.3, 0.4) is 0 Å². The van der Waals surface area contributed by atoms with Gasteiger partial charge >= 0.3 is 5.97 Å². The Labute approximate surface area is 124 Å². The van der Waals surface area contributed by atoms with Crippen molar-refractivity contribution in [3.63, 3.8) is 0 Å². The van der Waals surface area contributed by atoms with E-state index in [9.17, 15) is 9.59 Å². The molecule has 2 atom stereocenters. The molecule has 1 aromatic heterocycles. The van der Waals surface area contributed by atoms with Crippen LogP contribution in [0.25, 0.3) is 10.9 Å². The molecule has 21 heavy (non-hydrogen) atoms. The van der Waals surface area contributed by atoms with Crippen molar-refractivity contribution in [2.24, 2.45) is 11.8 Å². The number of fused-ring (bicyclic) bond motifs is 1. The maximum Gasteiger partial charge on any atom is 0.316 e. The van der Waals surface area contributed by atoms with Gasteiger partial charge in [0.1, 0.15) is 11.7 Å². The summed E-state index contributed by atoms with van der Waals surface area (Å²) in [5.41, 5.74) is 2.00. The van der Waals surface area contributed by atoms with Gasteiger partial charge in [0.05, 0.1) is 7.11 Å². The lowest BCUT2D eigenvalue weighted by molar-refractivity contribution is -0.150. The zero-order valence-electron chi connectivity index (χ0n) is 12.8. The van der Waals surface area contributed by atoms with Gasteiger partial charge in [-0.05, 0) is 24.5 Å². The van der Waals surface area contributed by atoms with E-state index in [4.69, 9.17) is 4.74 Å². The van der Waals surface area contributed by atoms with Crippen LogP contribution in [0.4, 0.5) is 0 Å². The number of carbonyl (C=O) groups is 2. The lowest BCUT2D eigenvalue weighted by atomic mass is 9.76. The summed E-state index contributed by atoms with van der Waals surface area (Å²) in [6.45, 7) is 5.49. The molecule has 0 aliphatic heterocycles. The third-order valence-electron chi connectivity index (χ3n) is 3.95. The predicted octanol–water partition coefficient (Wildman–Crippen LogP) is 3.29. The molecule has 0 spiro atoms. The van der Waals surface area contributed by atoms with Crippen molar-refractivity contribution in [3.05, 3.63) is 36.0 Å². The number of ether oxygens (including phenoxy) is 1. The summed E-state index contributed by atoms with van der Waals surface area (Å²) in [5, 5.41) is 1.05. The number of nitrogens with one attached hydrogen (secondary N) is 1. The van der Waals surface area contributed by atoms with Gasteiger partial charge in [0.15, 0.2) is 0 Å². The fourth-order valence-corrected chi connectivity index (χ4v) is 2.99. The number of Topliss-reactive ketones (excluding diaryl/α,β-unsaturated/α-hetero) is 1. The summed E-state index contributed by atoms with van der Waals surface area (Å²) < 4.78 is 4.84. The standard InChI is InChI=1S/C17H21NO3/c1-10(2)15(16(11(3)19)17(20)21-4)13-9-18-14-8-6-5-7-12(13)14/h5-10,15-16,18H,1-4H3/t15-,16+/m1/s1. The summed E-state index contributed by atoms with van der Waals surface area (Å²) in [7, 11) is 1.32. The lowest BCUT2D eigenvalue weighted by Gasteiger charge is -2.26. The van der Waals surface area contributed by atoms with E-state index in [1.165, 1.54) is 14.0 Å². The Kier molecular flexibility index (Phi) is 4.46. The number of esters is 1. The average molecular weight is 287 g/mol. The number of aromatic amines is 1. The monoisotopic (exact) mass is 287 g/mol. The van der Waals surface area contributed by atoms with E-state index >= 15 is 0 Å². The van der Waals surface area contributed by atoms with Gasteiger partial charge in [0.25, 0.3) is 0 Å². The second-order valence-electron chi connectivity index (χ2n) is 5.67. The van der Waals surface area contributed by atoms with Crippen LogP contribution in [-0.4, -0.2) is 23.8 Å². The Morgan fingerprint density at radius 1 is 1.19 bits per heavy atom. The number of hydrogen-bond donors (Lipinski definition) is 1. The summed E-state index contributed by atoms with van der Waals surface area (Å²) in [5.74, 6) is -1.46. The minimum Gasteiger partial charge on any atom is -0.468 e. The fourth-order valence-electron chi connectivity index (χ4n) is 2.99. The van der Waals surface area contributed by atoms with Gasteiger partial charge in [-0.2, -0.15) is 0 Å². The number of carbonyl (C=O) groups excluding carboxylic acids is 2. The molecule has 1 aromatic carbocycles. The molecule has 2 rings (SSSR count). The molecular formula is C17H21NO3. The molecule has 0 fully saturated rings. The van der Waals surface area contributed by atoms with Crippen LogP contribution in [-0.2, 0) is 14.3 Å². The lowest BCUT2D eigenvalue weighted by Crippen LogP contribution is -2.32. The van der Waals surface area contributed by atoms with E-state index in [1.807, 2.05) is 44.3 Å². The van der Waals surface area contributed by atoms with Gasteiger partial charge in [0.2, 0.25) is 0 Å². The smallest absolute Gasteiger partial charge is 0.316 e. The van der Waals surface area contributed by atoms with Crippen molar-refractivity contribution in [3.8, 4) is 0 Å². The minimum absolute atomic E-state index is 0.136. The van der Waals surface area contributed by atoms with Gasteiger partial charge in [-0.1, -0.05) is 32.0 Å². The molecule has 0 radical (unpaired) electrons. The molecule has 112 valence electrons. The summed E-state index contributed by atoms with van der Waals surface area (Å²) in [6, 6.07) is 7.90. The van der Waals surface area contributed by atoms with Crippen LogP contribution in [0.15, 0.2) is 30.5 Å². The highest BCUT2D eigenvalue weighted by Crippen LogP contribution is 2.37. The molecule has 0 bridgehead atoms. The molecule has 1 N–H and O–H groups in total. The van der Waals surface area contributed by atoms with Crippen LogP contribution >= 0.6 is 0 Å². The number of H-pyrrole nitrogens is 1. The van der Waals surface area contributed by atoms with Gasteiger partial charge in [-0.15, -0.1) is 0 Å². The molecule has 0 unspecified atom stereocenters. The van der Waals surface area contributed by atoms with Gasteiger partial charge < -0.3 is 9.72 Å². The topological polar surface area (TPSA) is 59.2 Å². The second-order valence-corrected chi connectivity index (χ2v) is 5.67. The Morgan fingerprint density at radius 2 is 1.86 bits per heavy atom. The summed E-state index contributed by atoms with van der Waals surface area (Å²) in [4.78, 5) is 27.3. The summed E-state index contributed by atoms with van der Waals surface area (Å²) in [6.07, 6.45) is 1.90. The van der Waals surface area contributed by atoms with Gasteiger partial charge in [-0.3, -0.25) is 9.59 Å². The maximum atomic E-state index is 12.1. The van der Waals surface area contributed by atoms with Crippen molar-refractivity contribution in [1.29, 1.82) is 0 Å². The van der Waals surface area contributed by atoms with E-state index < -0.39 is 11.9 Å². The maximum absolute atomic E-state index is 12.1. The molecule has 1 heterocycles. The Hall–Kier alpha value is -2.10. The van der Waals surface area contributed by atoms with E-state index in [0.29, 0.717) is 0 Å². The number of methoxy groups -OCH3 is 1. The third kappa shape index (κ3) is 2.84. The number of aromatic nitrogens is 1. The van der Waals surface area contributed by atoms with Crippen molar-refractivity contribution >= 4 is 22.7 Å². The third-order valence-corrected chi connectivity index (χ3v) is 3.95. The largest absolute Gasteiger partial charge is 0.468 e. The SMILES string of the molecule is COC(=O)[C@@H](C(C)=O)[C@@H](c1c[nH]c2ccccc12)C(C)C. The highest BCUT2D eigenvalue weighted by atomic mass is 16.5. The molecule has 4 heteroatoms. The van der Waals surface area contributed by atoms with Crippen LogP contribution in [0.1, 0.15) is 32.3 Å². The van der Waals surface area contributed by atoms with Gasteiger partial charge in [0, 0.05) is 23.0 Å². The zero-order valence-corrected chi connectivity index (χ0v) is 12.8. The van der Waals surface area contributed by atoms with Crippen LogP contribution in [0, 0.1) is 11.8 Å². The van der Waals surface area contributed by atoms with Crippen molar-refractivity contribution < 1.29 is 14.3 Å². The quantitative estimate of drug-likeness (QED) is 0.678. The highest BCUT2D eigenvalue weighted by molar-refractivity contribution is 5.99. The molecule has 0 saturated carbocycles. The van der Waals surface area contributed by atoms with Crippen molar-refractivity contribution in [2.45, 2.75) is 26.7 Å². The Morgan fingerprint density at radius 3 is 2.43 bits per heavy atom. The fraction of sp³-hybridized carbons (Fsp3) is 0.412. The molecule has 0 aliphatic rings. The first-order valence-electron chi connectivity index (χ1n) is 7.11.